The minimum absolute atomic E-state index is 0. The molecular weight excluding hydrogens is 976 g/mol. The van der Waals surface area contributed by atoms with Gasteiger partial charge in [-0.15, -0.1) is 35.7 Å². The fraction of sp³-hybridized carbons (Fsp3) is 0.846. The molecule has 17 atom stereocenters. The van der Waals surface area contributed by atoms with Gasteiger partial charge in [0.2, 0.25) is 0 Å². The van der Waals surface area contributed by atoms with Crippen molar-refractivity contribution in [3.05, 3.63) is 11.1 Å². The first kappa shape index (κ1) is 44.3. The van der Waals surface area contributed by atoms with E-state index in [-0.39, 0.29) is 71.6 Å². The fourth-order valence-corrected chi connectivity index (χ4v) is 42.2. The molecule has 46 heavy (non-hydrogen) atoms. The van der Waals surface area contributed by atoms with Crippen molar-refractivity contribution < 1.29 is 87.5 Å². The van der Waals surface area contributed by atoms with Gasteiger partial charge in [-0.2, -0.15) is 0 Å². The monoisotopic (exact) mass is 1030 g/mol. The molecule has 0 amide bonds. The Morgan fingerprint density at radius 1 is 1.17 bits per heavy atom. The molecule has 20 heteroatoms. The van der Waals surface area contributed by atoms with Gasteiger partial charge in [0.05, 0.1) is 37.4 Å². The number of ketones is 1. The van der Waals surface area contributed by atoms with Gasteiger partial charge in [0.25, 0.3) is 0 Å². The molecule has 3 aliphatic carbocycles. The number of hydrogen-bond donors (Lipinski definition) is 4. The Hall–Kier alpha value is 3.91. The molecule has 2 saturated carbocycles. The van der Waals surface area contributed by atoms with Crippen molar-refractivity contribution in [3.8, 4) is 0 Å². The van der Waals surface area contributed by atoms with Gasteiger partial charge in [-0.3, -0.25) is 4.79 Å². The van der Waals surface area contributed by atoms with Gasteiger partial charge in [-0.1, -0.05) is 29.7 Å². The first-order valence-electron chi connectivity index (χ1n) is 14.8. The van der Waals surface area contributed by atoms with E-state index in [4.69, 9.17) is 18.5 Å². The molecule has 261 valence electrons. The number of hydrogen-bond acceptors (Lipinski definition) is 10. The van der Waals surface area contributed by atoms with Crippen LogP contribution in [0.1, 0.15) is 54.4 Å². The summed E-state index contributed by atoms with van der Waals surface area (Å²) in [6.45, 7) is 9.59. The quantitative estimate of drug-likeness (QED) is 0.131. The number of nitrogens with one attached hydrogen (secondary N) is 1. The summed E-state index contributed by atoms with van der Waals surface area (Å²) in [7, 11) is 14.5. The van der Waals surface area contributed by atoms with Crippen LogP contribution in [-0.4, -0.2) is 88.5 Å². The van der Waals surface area contributed by atoms with Crippen molar-refractivity contribution >= 4 is 86.4 Å². The smallest absolute Gasteiger partial charge is 0.337 e. The second-order valence-corrected chi connectivity index (χ2v) is 38.2. The predicted molar refractivity (Wildman–Crippen MR) is 203 cm³/mol. The molecule has 0 spiro atoms. The van der Waals surface area contributed by atoms with E-state index in [2.05, 4.69) is 50.0 Å². The first-order valence-corrected chi connectivity index (χ1v) is 29.3. The van der Waals surface area contributed by atoms with Crippen LogP contribution >= 0.6 is 74.6 Å². The Labute approximate surface area is 325 Å². The Morgan fingerprint density at radius 3 is 2.24 bits per heavy atom. The van der Waals surface area contributed by atoms with Gasteiger partial charge in [-0.05, 0) is 58.9 Å². The Morgan fingerprint density at radius 2 is 1.76 bits per heavy atom. The maximum atomic E-state index is 14.9. The van der Waals surface area contributed by atoms with Gasteiger partial charge in [-0.25, -0.2) is 4.79 Å². The van der Waals surface area contributed by atoms with Crippen molar-refractivity contribution in [2.45, 2.75) is 102 Å². The Balaban J connectivity index is 0.00000576. The molecule has 0 aromatic rings. The normalized spacial score (nSPS) is 40.2. The van der Waals surface area contributed by atoms with E-state index in [0.717, 1.165) is 0 Å². The molecule has 10 nitrogen and oxygen atoms in total. The van der Waals surface area contributed by atoms with E-state index in [9.17, 15) is 24.9 Å². The second-order valence-electron chi connectivity index (χ2n) is 13.5. The molecule has 4 N–H and O–H groups in total. The van der Waals surface area contributed by atoms with Gasteiger partial charge < -0.3 is 39.2 Å². The van der Waals surface area contributed by atoms with E-state index in [1.54, 1.807) is 20.9 Å². The number of likely N-dealkylation sites (N-methyl/N-ethyl adjacent to an activating group) is 1. The number of ether oxygens (including phenoxy) is 2. The molecule has 4 aliphatic rings. The molecule has 14 unspecified atom stereocenters. The van der Waals surface area contributed by atoms with Crippen LogP contribution in [0.3, 0.4) is 0 Å². The largest absolute Gasteiger partial charge is 0.456 e. The topological polar surface area (TPSA) is 144 Å². The third kappa shape index (κ3) is 7.46. The number of carbonyl (C=O) groups is 2. The summed E-state index contributed by atoms with van der Waals surface area (Å²) in [5.41, 5.74) is -4.60. The van der Waals surface area contributed by atoms with Gasteiger partial charge in [0, 0.05) is 82.8 Å². The maximum Gasteiger partial charge on any atom is 0.337 e. The number of fused-ring (bicyclic) bond motifs is 5. The summed E-state index contributed by atoms with van der Waals surface area (Å²) >= 11 is 0. The summed E-state index contributed by atoms with van der Waals surface area (Å²) in [5, 5.41) is 40.4. The number of esters is 1. The molecule has 1 aliphatic heterocycles. The number of Topliss-reactive ketones (excluding diaryl/α,β-unsaturated/α-hetero) is 1. The maximum absolute atomic E-state index is 14.9. The molecule has 1 saturated heterocycles. The SMILES string of the molecule is CNC(C)C(OPP)C(=O)OC1CC2(O)[C@@H](C)C3[C@]4(O)COC4CC(OP(P(P)P)P(P)P)[C@@]3(C)C(=O)C(O)C(=C1C)C2(C)C.[Ac]. The Bertz CT molecular complexity index is 1200. The van der Waals surface area contributed by atoms with Crippen molar-refractivity contribution in [1.29, 1.82) is 0 Å². The minimum Gasteiger partial charge on any atom is -0.456 e. The summed E-state index contributed by atoms with van der Waals surface area (Å²) in [6, 6.07) is -0.346. The zero-order valence-corrected chi connectivity index (χ0v) is 41.5. The molecular formula is C26H50AcNO9P9. The zero-order valence-electron chi connectivity index (χ0n) is 27.3. The van der Waals surface area contributed by atoms with Crippen LogP contribution in [0.25, 0.3) is 0 Å². The van der Waals surface area contributed by atoms with Crippen LogP contribution in [0.5, 0.6) is 0 Å². The van der Waals surface area contributed by atoms with Crippen molar-refractivity contribution in [3.63, 3.8) is 0 Å². The van der Waals surface area contributed by atoms with Crippen molar-refractivity contribution in [2.24, 2.45) is 22.7 Å². The van der Waals surface area contributed by atoms with E-state index in [1.165, 1.54) is 0 Å². The average molecular weight is 1030 g/mol. The number of aliphatic hydroxyl groups is 3. The molecule has 2 bridgehead atoms. The first-order chi connectivity index (χ1) is 20.7. The Kier molecular flexibility index (Phi) is 16.1. The molecule has 0 aromatic carbocycles. The summed E-state index contributed by atoms with van der Waals surface area (Å²) in [5.74, 6) is -2.57. The van der Waals surface area contributed by atoms with E-state index < -0.39 is 97.6 Å². The predicted octanol–water partition coefficient (Wildman–Crippen LogP) is 5.22. The molecule has 1 radical (unpaired) electrons. The van der Waals surface area contributed by atoms with Crippen LogP contribution in [0.15, 0.2) is 11.1 Å². The molecule has 4 rings (SSSR count). The average Bonchev–Trinajstić information content (AvgIpc) is 2.95. The minimum atomic E-state index is -1.62. The standard InChI is InChI=1S/C26H50NO9P9.Ac/c1-11-14(34-22(30)19(35-42-37)13(3)27-7)9-26(32)12(2)20-24(6,21(29)18(28)17(11)23(26,4)5)15(8-16-25(20,31)10-33-16)36-43(44(38)39)45(40)41;/h12-16,18-20,27-28,31-32,42H,8-10,37-41H2,1-7H3;/t12-,13?,14?,15?,16?,18?,19?,20?,24+,25-,26?;/m0./s1. The summed E-state index contributed by atoms with van der Waals surface area (Å²) in [6.07, 6.45) is -4.37. The third-order valence-electron chi connectivity index (χ3n) is 11.0. The van der Waals surface area contributed by atoms with Crippen LogP contribution < -0.4 is 5.32 Å². The van der Waals surface area contributed by atoms with Crippen LogP contribution in [-0.2, 0) is 28.1 Å². The summed E-state index contributed by atoms with van der Waals surface area (Å²) in [4.78, 5) is 28.4. The van der Waals surface area contributed by atoms with Crippen LogP contribution in [0, 0.1) is 66.7 Å². The number of rotatable bonds is 10. The van der Waals surface area contributed by atoms with Gasteiger partial charge in [0.1, 0.15) is 17.8 Å². The fourth-order valence-electron chi connectivity index (χ4n) is 8.37. The number of carbonyl (C=O) groups excluding carboxylic acids is 2. The van der Waals surface area contributed by atoms with E-state index in [0.29, 0.717) is 17.6 Å². The van der Waals surface area contributed by atoms with Gasteiger partial charge in [0.15, 0.2) is 11.9 Å². The second kappa shape index (κ2) is 16.7. The molecule has 1 heterocycles. The van der Waals surface area contributed by atoms with Gasteiger partial charge >= 0.3 is 5.97 Å². The zero-order chi connectivity index (χ0) is 34.0. The van der Waals surface area contributed by atoms with E-state index >= 15 is 0 Å². The summed E-state index contributed by atoms with van der Waals surface area (Å²) < 4.78 is 24.6. The number of aliphatic hydroxyl groups excluding tert-OH is 1. The van der Waals surface area contributed by atoms with Crippen LogP contribution in [0.4, 0.5) is 0 Å². The third-order valence-corrected chi connectivity index (χ3v) is 34.3. The van der Waals surface area contributed by atoms with Crippen molar-refractivity contribution in [2.75, 3.05) is 13.7 Å². The van der Waals surface area contributed by atoms with Crippen molar-refractivity contribution in [1.82, 2.24) is 5.32 Å². The van der Waals surface area contributed by atoms with Crippen LogP contribution in [0.2, 0.25) is 0 Å². The molecule has 0 aromatic heterocycles. The van der Waals surface area contributed by atoms with E-state index in [1.807, 2.05) is 27.7 Å². The molecule has 3 fully saturated rings.